The topological polar surface area (TPSA) is 76.1 Å². The quantitative estimate of drug-likeness (QED) is 0.654. The lowest BCUT2D eigenvalue weighted by atomic mass is 9.99. The van der Waals surface area contributed by atoms with Crippen LogP contribution in [0, 0.1) is 0 Å². The van der Waals surface area contributed by atoms with Gasteiger partial charge in [0.1, 0.15) is 11.5 Å². The predicted molar refractivity (Wildman–Crippen MR) is 105 cm³/mol. The van der Waals surface area contributed by atoms with Gasteiger partial charge < -0.3 is 19.5 Å². The Morgan fingerprint density at radius 2 is 1.73 bits per heavy atom. The average molecular weight is 413 g/mol. The molecule has 0 aromatic heterocycles. The molecule has 3 aromatic rings. The second-order valence-electron chi connectivity index (χ2n) is 6.77. The van der Waals surface area contributed by atoms with Crippen LogP contribution in [0.15, 0.2) is 48.5 Å². The third-order valence-electron chi connectivity index (χ3n) is 5.01. The summed E-state index contributed by atoms with van der Waals surface area (Å²) in [5.41, 5.74) is 1.60. The summed E-state index contributed by atoms with van der Waals surface area (Å²) >= 11 is 0. The van der Waals surface area contributed by atoms with Gasteiger partial charge in [0.25, 0.3) is 5.91 Å². The number of alkyl halides is 2. The van der Waals surface area contributed by atoms with E-state index in [-0.39, 0.29) is 24.3 Å². The number of anilines is 1. The Morgan fingerprint density at radius 1 is 1.10 bits per heavy atom. The maximum atomic E-state index is 13.2. The van der Waals surface area contributed by atoms with Gasteiger partial charge in [0, 0.05) is 22.0 Å². The molecule has 1 N–H and O–H groups in total. The van der Waals surface area contributed by atoms with Crippen molar-refractivity contribution in [2.75, 3.05) is 12.0 Å². The third kappa shape index (κ3) is 3.30. The van der Waals surface area contributed by atoms with E-state index >= 15 is 0 Å². The van der Waals surface area contributed by atoms with E-state index in [1.165, 1.54) is 12.0 Å². The van der Waals surface area contributed by atoms with Crippen LogP contribution in [0.2, 0.25) is 0 Å². The van der Waals surface area contributed by atoms with Gasteiger partial charge in [-0.05, 0) is 17.7 Å². The highest BCUT2D eigenvalue weighted by Gasteiger charge is 2.37. The van der Waals surface area contributed by atoms with Crippen LogP contribution in [0.25, 0.3) is 10.8 Å². The first-order valence-corrected chi connectivity index (χ1v) is 9.09. The summed E-state index contributed by atoms with van der Waals surface area (Å²) in [6.07, 6.45) is -0.139. The van der Waals surface area contributed by atoms with Crippen LogP contribution in [0.5, 0.6) is 11.5 Å². The Labute approximate surface area is 170 Å². The second kappa shape index (κ2) is 7.62. The molecule has 1 heterocycles. The lowest BCUT2D eigenvalue weighted by Gasteiger charge is -2.16. The van der Waals surface area contributed by atoms with E-state index in [2.05, 4.69) is 0 Å². The average Bonchev–Trinajstić information content (AvgIpc) is 3.05. The molecular formula is C22H17F2NO5. The molecule has 6 nitrogen and oxygen atoms in total. The summed E-state index contributed by atoms with van der Waals surface area (Å²) in [7, 11) is 1.42. The number of benzene rings is 3. The van der Waals surface area contributed by atoms with Crippen molar-refractivity contribution >= 4 is 28.3 Å². The molecule has 154 valence electrons. The van der Waals surface area contributed by atoms with Crippen LogP contribution in [0.4, 0.5) is 14.5 Å². The van der Waals surface area contributed by atoms with Crippen LogP contribution >= 0.6 is 0 Å². The summed E-state index contributed by atoms with van der Waals surface area (Å²) in [6.45, 7) is -3.03. The van der Waals surface area contributed by atoms with Gasteiger partial charge in [0.2, 0.25) is 0 Å². The number of halogens is 2. The van der Waals surface area contributed by atoms with E-state index < -0.39 is 18.5 Å². The van der Waals surface area contributed by atoms with Gasteiger partial charge in [-0.2, -0.15) is 8.78 Å². The number of amides is 1. The zero-order valence-electron chi connectivity index (χ0n) is 15.9. The first-order valence-electron chi connectivity index (χ1n) is 9.09. The number of hydrogen-bond acceptors (Lipinski definition) is 4. The van der Waals surface area contributed by atoms with Crippen LogP contribution < -0.4 is 14.4 Å². The van der Waals surface area contributed by atoms with Crippen LogP contribution in [-0.2, 0) is 17.8 Å². The van der Waals surface area contributed by atoms with Crippen molar-refractivity contribution in [2.45, 2.75) is 19.6 Å². The second-order valence-corrected chi connectivity index (χ2v) is 6.77. The van der Waals surface area contributed by atoms with Gasteiger partial charge in [-0.3, -0.25) is 9.59 Å². The fourth-order valence-corrected chi connectivity index (χ4v) is 3.78. The van der Waals surface area contributed by atoms with E-state index in [4.69, 9.17) is 14.6 Å². The van der Waals surface area contributed by atoms with Crippen LogP contribution in [0.1, 0.15) is 21.5 Å². The van der Waals surface area contributed by atoms with Gasteiger partial charge in [-0.25, -0.2) is 0 Å². The van der Waals surface area contributed by atoms with Gasteiger partial charge in [-0.1, -0.05) is 36.4 Å². The zero-order chi connectivity index (χ0) is 21.4. The predicted octanol–water partition coefficient (Wildman–Crippen LogP) is 4.24. The van der Waals surface area contributed by atoms with E-state index in [1.54, 1.807) is 48.5 Å². The van der Waals surface area contributed by atoms with E-state index in [0.29, 0.717) is 33.3 Å². The Bertz CT molecular complexity index is 1140. The number of carboxylic acid groups (broad SMARTS) is 1. The number of nitrogens with zero attached hydrogens (tertiary/aromatic N) is 1. The fraction of sp³-hybridized carbons (Fsp3) is 0.182. The van der Waals surface area contributed by atoms with Crippen molar-refractivity contribution in [3.8, 4) is 11.5 Å². The number of carboxylic acids is 1. The summed E-state index contributed by atoms with van der Waals surface area (Å²) < 4.78 is 36.7. The first kappa shape index (κ1) is 19.6. The van der Waals surface area contributed by atoms with E-state index in [9.17, 15) is 18.4 Å². The third-order valence-corrected chi connectivity index (χ3v) is 5.01. The Kier molecular flexibility index (Phi) is 4.99. The molecule has 1 aliphatic heterocycles. The van der Waals surface area contributed by atoms with Crippen LogP contribution in [0.3, 0.4) is 0 Å². The Hall–Kier alpha value is -3.68. The monoisotopic (exact) mass is 413 g/mol. The first-order chi connectivity index (χ1) is 14.4. The molecule has 0 saturated carbocycles. The number of carbonyl (C=O) groups is 2. The van der Waals surface area contributed by atoms with E-state index in [1.807, 2.05) is 0 Å². The smallest absolute Gasteiger partial charge is 0.387 e. The summed E-state index contributed by atoms with van der Waals surface area (Å²) in [4.78, 5) is 25.5. The molecule has 0 bridgehead atoms. The highest BCUT2D eigenvalue weighted by atomic mass is 19.3. The van der Waals surface area contributed by atoms with Gasteiger partial charge in [0.05, 0.1) is 25.6 Å². The molecule has 0 radical (unpaired) electrons. The summed E-state index contributed by atoms with van der Waals surface area (Å²) in [5.74, 6) is -1.11. The highest BCUT2D eigenvalue weighted by molar-refractivity contribution is 6.16. The molecule has 4 rings (SSSR count). The standard InChI is InChI=1S/C22H17F2NO5/c1-29-20-15-5-3-2-4-14(15)19(30-22(23)24)16-11-25(21(28)18(16)20)13-8-6-12(7-9-13)10-17(26)27/h2-9,22H,10-11H2,1H3,(H,26,27). The molecule has 0 saturated heterocycles. The number of rotatable bonds is 6. The van der Waals surface area contributed by atoms with Crippen molar-refractivity contribution in [3.05, 3.63) is 65.2 Å². The van der Waals surface area contributed by atoms with E-state index in [0.717, 1.165) is 0 Å². The lowest BCUT2D eigenvalue weighted by molar-refractivity contribution is -0.136. The van der Waals surface area contributed by atoms with Crippen molar-refractivity contribution < 1.29 is 33.0 Å². The maximum Gasteiger partial charge on any atom is 0.387 e. The maximum absolute atomic E-state index is 13.2. The van der Waals surface area contributed by atoms with Gasteiger partial charge >= 0.3 is 12.6 Å². The molecule has 0 unspecified atom stereocenters. The minimum Gasteiger partial charge on any atom is -0.495 e. The number of ether oxygens (including phenoxy) is 2. The number of carbonyl (C=O) groups excluding carboxylic acids is 1. The van der Waals surface area contributed by atoms with Crippen molar-refractivity contribution in [1.29, 1.82) is 0 Å². The molecule has 0 fully saturated rings. The number of aliphatic carboxylic acids is 1. The fourth-order valence-electron chi connectivity index (χ4n) is 3.78. The molecule has 1 amide bonds. The molecule has 8 heteroatoms. The number of fused-ring (bicyclic) bond motifs is 2. The molecule has 3 aromatic carbocycles. The molecule has 0 aliphatic carbocycles. The molecule has 0 spiro atoms. The zero-order valence-corrected chi connectivity index (χ0v) is 15.9. The SMILES string of the molecule is COc1c2c(c(OC(F)F)c3ccccc13)CN(c1ccc(CC(=O)O)cc1)C2=O. The lowest BCUT2D eigenvalue weighted by Crippen LogP contribution is -2.23. The van der Waals surface area contributed by atoms with Crippen LogP contribution in [-0.4, -0.2) is 30.7 Å². The van der Waals surface area contributed by atoms with Gasteiger partial charge in [-0.15, -0.1) is 0 Å². The Balaban J connectivity index is 1.83. The molecule has 1 aliphatic rings. The summed E-state index contributed by atoms with van der Waals surface area (Å²) in [6, 6.07) is 13.2. The summed E-state index contributed by atoms with van der Waals surface area (Å²) in [5, 5.41) is 9.84. The largest absolute Gasteiger partial charge is 0.495 e. The van der Waals surface area contributed by atoms with Crippen molar-refractivity contribution in [3.63, 3.8) is 0 Å². The van der Waals surface area contributed by atoms with Gasteiger partial charge in [0.15, 0.2) is 0 Å². The molecule has 0 atom stereocenters. The van der Waals surface area contributed by atoms with Crippen molar-refractivity contribution in [1.82, 2.24) is 0 Å². The highest BCUT2D eigenvalue weighted by Crippen LogP contribution is 2.46. The normalized spacial score (nSPS) is 13.1. The number of methoxy groups -OCH3 is 1. The minimum absolute atomic E-state index is 0.0235. The Morgan fingerprint density at radius 3 is 2.30 bits per heavy atom. The minimum atomic E-state index is -3.05. The molecular weight excluding hydrogens is 396 g/mol. The molecule has 30 heavy (non-hydrogen) atoms. The number of hydrogen-bond donors (Lipinski definition) is 1. The van der Waals surface area contributed by atoms with Crippen molar-refractivity contribution in [2.24, 2.45) is 0 Å².